The zero-order chi connectivity index (χ0) is 20.5. The summed E-state index contributed by atoms with van der Waals surface area (Å²) in [6.07, 6.45) is -1.08. The van der Waals surface area contributed by atoms with Gasteiger partial charge in [0.15, 0.2) is 6.10 Å². The molecule has 8 heteroatoms. The number of carbonyl (C=O) groups is 3. The van der Waals surface area contributed by atoms with Crippen molar-refractivity contribution in [2.75, 3.05) is 19.0 Å². The van der Waals surface area contributed by atoms with Crippen LogP contribution in [0.15, 0.2) is 48.5 Å². The minimum Gasteiger partial charge on any atom is -0.497 e. The van der Waals surface area contributed by atoms with Gasteiger partial charge in [-0.3, -0.25) is 14.4 Å². The minimum atomic E-state index is -1.08. The van der Waals surface area contributed by atoms with Gasteiger partial charge in [-0.1, -0.05) is 12.1 Å². The summed E-state index contributed by atoms with van der Waals surface area (Å²) in [7, 11) is 1.48. The number of nitriles is 1. The Morgan fingerprint density at radius 2 is 1.89 bits per heavy atom. The maximum absolute atomic E-state index is 12.1. The Morgan fingerprint density at radius 1 is 1.14 bits per heavy atom. The van der Waals surface area contributed by atoms with E-state index in [0.29, 0.717) is 22.6 Å². The Hall–Kier alpha value is -3.86. The van der Waals surface area contributed by atoms with Crippen LogP contribution in [-0.2, 0) is 14.3 Å². The first kappa shape index (κ1) is 20.5. The maximum Gasteiger partial charge on any atom is 0.326 e. The number of benzene rings is 2. The fraction of sp³-hybridized carbons (Fsp3) is 0.200. The lowest BCUT2D eigenvalue weighted by Gasteiger charge is -2.14. The molecule has 0 aliphatic rings. The van der Waals surface area contributed by atoms with Crippen molar-refractivity contribution in [2.24, 2.45) is 0 Å². The molecule has 0 aliphatic carbocycles. The monoisotopic (exact) mass is 381 g/mol. The third-order valence-corrected chi connectivity index (χ3v) is 3.66. The molecule has 0 radical (unpaired) electrons. The zero-order valence-corrected chi connectivity index (χ0v) is 15.4. The lowest BCUT2D eigenvalue weighted by atomic mass is 10.2. The zero-order valence-electron chi connectivity index (χ0n) is 15.4. The van der Waals surface area contributed by atoms with E-state index in [1.54, 1.807) is 36.4 Å². The van der Waals surface area contributed by atoms with E-state index in [9.17, 15) is 14.4 Å². The number of ether oxygens (including phenoxy) is 2. The summed E-state index contributed by atoms with van der Waals surface area (Å²) in [5, 5.41) is 13.8. The Morgan fingerprint density at radius 3 is 2.61 bits per heavy atom. The van der Waals surface area contributed by atoms with E-state index >= 15 is 0 Å². The molecule has 0 saturated carbocycles. The maximum atomic E-state index is 12.1. The van der Waals surface area contributed by atoms with Crippen LogP contribution < -0.4 is 15.4 Å². The molecule has 0 bridgehead atoms. The molecule has 2 aromatic rings. The highest BCUT2D eigenvalue weighted by molar-refractivity contribution is 5.97. The molecule has 2 aromatic carbocycles. The predicted molar refractivity (Wildman–Crippen MR) is 101 cm³/mol. The number of methoxy groups -OCH3 is 1. The van der Waals surface area contributed by atoms with Crippen LogP contribution in [0.25, 0.3) is 0 Å². The molecule has 0 saturated heterocycles. The van der Waals surface area contributed by atoms with E-state index < -0.39 is 30.4 Å². The number of hydrogen-bond acceptors (Lipinski definition) is 6. The summed E-state index contributed by atoms with van der Waals surface area (Å²) < 4.78 is 10.1. The van der Waals surface area contributed by atoms with Crippen molar-refractivity contribution in [3.63, 3.8) is 0 Å². The summed E-state index contributed by atoms with van der Waals surface area (Å²) in [5.41, 5.74) is 1.14. The first-order valence-electron chi connectivity index (χ1n) is 8.35. The normalized spacial score (nSPS) is 10.9. The summed E-state index contributed by atoms with van der Waals surface area (Å²) in [5.74, 6) is -1.27. The molecule has 0 spiro atoms. The van der Waals surface area contributed by atoms with Gasteiger partial charge in [0.1, 0.15) is 12.3 Å². The van der Waals surface area contributed by atoms with Gasteiger partial charge in [-0.15, -0.1) is 0 Å². The van der Waals surface area contributed by atoms with E-state index in [4.69, 9.17) is 14.7 Å². The quantitative estimate of drug-likeness (QED) is 0.707. The molecule has 144 valence electrons. The van der Waals surface area contributed by atoms with Crippen molar-refractivity contribution in [1.29, 1.82) is 5.26 Å². The number of rotatable bonds is 7. The predicted octanol–water partition coefficient (Wildman–Crippen LogP) is 1.87. The minimum absolute atomic E-state index is 0.329. The Bertz CT molecular complexity index is 920. The number of nitrogens with one attached hydrogen (secondary N) is 2. The molecule has 0 fully saturated rings. The fourth-order valence-electron chi connectivity index (χ4n) is 2.22. The van der Waals surface area contributed by atoms with Crippen LogP contribution in [0.1, 0.15) is 22.8 Å². The topological polar surface area (TPSA) is 118 Å². The van der Waals surface area contributed by atoms with Gasteiger partial charge >= 0.3 is 5.97 Å². The molecule has 28 heavy (non-hydrogen) atoms. The summed E-state index contributed by atoms with van der Waals surface area (Å²) in [6.45, 7) is 1.02. The van der Waals surface area contributed by atoms with Gasteiger partial charge in [0.2, 0.25) is 0 Å². The van der Waals surface area contributed by atoms with Gasteiger partial charge < -0.3 is 20.1 Å². The van der Waals surface area contributed by atoms with E-state index in [1.165, 1.54) is 26.2 Å². The summed E-state index contributed by atoms with van der Waals surface area (Å²) in [4.78, 5) is 36.0. The smallest absolute Gasteiger partial charge is 0.326 e. The number of anilines is 1. The molecule has 8 nitrogen and oxygen atoms in total. The van der Waals surface area contributed by atoms with Crippen molar-refractivity contribution < 1.29 is 23.9 Å². The molecule has 0 aromatic heterocycles. The molecular weight excluding hydrogens is 362 g/mol. The lowest BCUT2D eigenvalue weighted by Crippen LogP contribution is -2.35. The first-order chi connectivity index (χ1) is 13.4. The average molecular weight is 381 g/mol. The number of carbonyl (C=O) groups excluding carboxylic acids is 3. The van der Waals surface area contributed by atoms with Gasteiger partial charge in [0, 0.05) is 11.3 Å². The van der Waals surface area contributed by atoms with Gasteiger partial charge in [0.25, 0.3) is 11.8 Å². The lowest BCUT2D eigenvalue weighted by molar-refractivity contribution is -0.152. The van der Waals surface area contributed by atoms with Crippen molar-refractivity contribution in [3.8, 4) is 11.8 Å². The Kier molecular flexibility index (Phi) is 7.11. The third kappa shape index (κ3) is 5.85. The Labute approximate surface area is 162 Å². The second kappa shape index (κ2) is 9.73. The van der Waals surface area contributed by atoms with Crippen LogP contribution in [0.5, 0.6) is 5.75 Å². The first-order valence-corrected chi connectivity index (χ1v) is 8.35. The second-order valence-corrected chi connectivity index (χ2v) is 5.73. The van der Waals surface area contributed by atoms with E-state index in [1.807, 2.05) is 6.07 Å². The highest BCUT2D eigenvalue weighted by Crippen LogP contribution is 2.12. The Balaban J connectivity index is 1.83. The van der Waals surface area contributed by atoms with Gasteiger partial charge in [-0.05, 0) is 43.3 Å². The molecule has 0 heterocycles. The largest absolute Gasteiger partial charge is 0.497 e. The molecule has 2 rings (SSSR count). The average Bonchev–Trinajstić information content (AvgIpc) is 2.72. The van der Waals surface area contributed by atoms with Crippen LogP contribution in [0, 0.1) is 11.3 Å². The van der Waals surface area contributed by atoms with Crippen LogP contribution in [0.2, 0.25) is 0 Å². The van der Waals surface area contributed by atoms with Gasteiger partial charge in [-0.25, -0.2) is 0 Å². The number of amides is 2. The van der Waals surface area contributed by atoms with Crippen molar-refractivity contribution in [2.45, 2.75) is 13.0 Å². The van der Waals surface area contributed by atoms with Gasteiger partial charge in [-0.2, -0.15) is 5.26 Å². The van der Waals surface area contributed by atoms with Crippen LogP contribution in [-0.4, -0.2) is 37.5 Å². The molecule has 1 atom stereocenters. The highest BCUT2D eigenvalue weighted by Gasteiger charge is 2.19. The van der Waals surface area contributed by atoms with Crippen LogP contribution in [0.3, 0.4) is 0 Å². The molecule has 2 N–H and O–H groups in total. The second-order valence-electron chi connectivity index (χ2n) is 5.73. The van der Waals surface area contributed by atoms with Crippen molar-refractivity contribution in [1.82, 2.24) is 5.32 Å². The SMILES string of the molecule is COc1cccc(C(=O)NCC(=O)O[C@H](C)C(=O)Nc2cccc(C#N)c2)c1. The number of hydrogen-bond donors (Lipinski definition) is 2. The molecule has 2 amide bonds. The summed E-state index contributed by atoms with van der Waals surface area (Å²) >= 11 is 0. The van der Waals surface area contributed by atoms with E-state index in [0.717, 1.165) is 0 Å². The molecular formula is C20H19N3O5. The standard InChI is InChI=1S/C20H19N3O5/c1-13(19(25)23-16-7-3-5-14(9-16)11-21)28-18(24)12-22-20(26)15-6-4-8-17(10-15)27-2/h3-10,13H,12H2,1-2H3,(H,22,26)(H,23,25)/t13-/m1/s1. The molecule has 0 aliphatic heterocycles. The van der Waals surface area contributed by atoms with Crippen LogP contribution in [0.4, 0.5) is 5.69 Å². The summed E-state index contributed by atoms with van der Waals surface area (Å²) in [6, 6.07) is 14.8. The van der Waals surface area contributed by atoms with Gasteiger partial charge in [0.05, 0.1) is 18.7 Å². The van der Waals surface area contributed by atoms with E-state index in [-0.39, 0.29) is 0 Å². The number of esters is 1. The fourth-order valence-corrected chi connectivity index (χ4v) is 2.22. The van der Waals surface area contributed by atoms with Crippen molar-refractivity contribution in [3.05, 3.63) is 59.7 Å². The van der Waals surface area contributed by atoms with E-state index in [2.05, 4.69) is 10.6 Å². The highest BCUT2D eigenvalue weighted by atomic mass is 16.5. The van der Waals surface area contributed by atoms with Crippen LogP contribution >= 0.6 is 0 Å². The molecule has 0 unspecified atom stereocenters. The number of nitrogens with zero attached hydrogens (tertiary/aromatic N) is 1. The van der Waals surface area contributed by atoms with Crippen molar-refractivity contribution >= 4 is 23.5 Å². The third-order valence-electron chi connectivity index (χ3n) is 3.66.